The second-order valence-electron chi connectivity index (χ2n) is 12.4. The molecule has 0 aromatic heterocycles. The van der Waals surface area contributed by atoms with E-state index in [-0.39, 0.29) is 35.4 Å². The van der Waals surface area contributed by atoms with E-state index in [1.807, 2.05) is 50.2 Å². The van der Waals surface area contributed by atoms with Crippen molar-refractivity contribution in [3.8, 4) is 0 Å². The van der Waals surface area contributed by atoms with Crippen molar-refractivity contribution in [3.63, 3.8) is 0 Å². The van der Waals surface area contributed by atoms with Gasteiger partial charge in [-0.05, 0) is 69.0 Å². The summed E-state index contributed by atoms with van der Waals surface area (Å²) in [5.41, 5.74) is 3.92. The third kappa shape index (κ3) is 8.27. The molecule has 4 aromatic carbocycles. The molecule has 1 N–H and O–H groups in total. The molecule has 1 saturated carbocycles. The highest BCUT2D eigenvalue weighted by Crippen LogP contribution is 2.29. The Kier molecular flexibility index (Phi) is 10.8. The van der Waals surface area contributed by atoms with Crippen molar-refractivity contribution in [1.29, 1.82) is 0 Å². The van der Waals surface area contributed by atoms with Gasteiger partial charge in [-0.25, -0.2) is 12.8 Å². The summed E-state index contributed by atoms with van der Waals surface area (Å²) in [7, 11) is -4.23. The Morgan fingerprint density at radius 1 is 0.851 bits per heavy atom. The first kappa shape index (κ1) is 33.9. The molecule has 47 heavy (non-hydrogen) atoms. The number of hydrogen-bond donors (Lipinski definition) is 1. The van der Waals surface area contributed by atoms with Crippen molar-refractivity contribution in [2.75, 3.05) is 10.8 Å². The van der Waals surface area contributed by atoms with Crippen molar-refractivity contribution in [2.24, 2.45) is 0 Å². The fraction of sp³-hybridized carbons (Fsp3) is 0.316. The molecule has 4 aromatic rings. The zero-order valence-corrected chi connectivity index (χ0v) is 28.0. The minimum absolute atomic E-state index is 0.0141. The number of carbonyl (C=O) groups excluding carboxylic acids is 2. The van der Waals surface area contributed by atoms with Gasteiger partial charge in [0.05, 0.1) is 10.6 Å². The quantitative estimate of drug-likeness (QED) is 0.185. The Hall–Kier alpha value is -4.50. The lowest BCUT2D eigenvalue weighted by Crippen LogP contribution is -2.54. The van der Waals surface area contributed by atoms with Crippen LogP contribution in [0.1, 0.15) is 53.5 Å². The molecule has 1 unspecified atom stereocenters. The first-order valence-electron chi connectivity index (χ1n) is 16.1. The molecule has 9 heteroatoms. The zero-order chi connectivity index (χ0) is 33.6. The van der Waals surface area contributed by atoms with Crippen molar-refractivity contribution in [2.45, 2.75) is 76.4 Å². The maximum absolute atomic E-state index is 15.1. The van der Waals surface area contributed by atoms with Crippen molar-refractivity contribution < 1.29 is 22.4 Å². The van der Waals surface area contributed by atoms with Crippen LogP contribution in [0.25, 0.3) is 0 Å². The summed E-state index contributed by atoms with van der Waals surface area (Å²) in [6, 6.07) is 26.3. The highest BCUT2D eigenvalue weighted by molar-refractivity contribution is 7.92. The van der Waals surface area contributed by atoms with Gasteiger partial charge < -0.3 is 10.2 Å². The van der Waals surface area contributed by atoms with Crippen LogP contribution in [-0.4, -0.2) is 43.8 Å². The molecule has 7 nitrogen and oxygen atoms in total. The number of anilines is 1. The van der Waals surface area contributed by atoms with E-state index in [9.17, 15) is 18.0 Å². The number of benzene rings is 4. The van der Waals surface area contributed by atoms with E-state index in [1.165, 1.54) is 23.1 Å². The Morgan fingerprint density at radius 2 is 1.49 bits per heavy atom. The van der Waals surface area contributed by atoms with Crippen molar-refractivity contribution in [1.82, 2.24) is 10.2 Å². The number of rotatable bonds is 12. The first-order valence-corrected chi connectivity index (χ1v) is 17.5. The van der Waals surface area contributed by atoms with E-state index in [2.05, 4.69) is 5.32 Å². The number of carbonyl (C=O) groups is 2. The number of aryl methyl sites for hydroxylation is 3. The second kappa shape index (κ2) is 14.9. The summed E-state index contributed by atoms with van der Waals surface area (Å²) >= 11 is 0. The lowest BCUT2D eigenvalue weighted by Gasteiger charge is -2.34. The smallest absolute Gasteiger partial charge is 0.264 e. The van der Waals surface area contributed by atoms with Crippen molar-refractivity contribution in [3.05, 3.63) is 131 Å². The predicted octanol–water partition coefficient (Wildman–Crippen LogP) is 6.65. The molecule has 1 aliphatic rings. The van der Waals surface area contributed by atoms with Crippen LogP contribution >= 0.6 is 0 Å². The Labute approximate surface area is 277 Å². The predicted molar refractivity (Wildman–Crippen MR) is 183 cm³/mol. The molecule has 1 fully saturated rings. The minimum Gasteiger partial charge on any atom is -0.352 e. The molecule has 0 saturated heterocycles. The molecule has 1 atom stereocenters. The summed E-state index contributed by atoms with van der Waals surface area (Å²) in [4.78, 5) is 30.1. The summed E-state index contributed by atoms with van der Waals surface area (Å²) in [6.07, 6.45) is 3.89. The van der Waals surface area contributed by atoms with Gasteiger partial charge in [-0.2, -0.15) is 0 Å². The van der Waals surface area contributed by atoms with Gasteiger partial charge in [-0.15, -0.1) is 0 Å². The summed E-state index contributed by atoms with van der Waals surface area (Å²) in [5.74, 6) is -1.48. The van der Waals surface area contributed by atoms with Crippen LogP contribution in [0.3, 0.4) is 0 Å². The lowest BCUT2D eigenvalue weighted by atomic mass is 10.0. The maximum Gasteiger partial charge on any atom is 0.264 e. The molecule has 0 spiro atoms. The monoisotopic (exact) mass is 655 g/mol. The van der Waals surface area contributed by atoms with Crippen LogP contribution < -0.4 is 9.62 Å². The number of hydrogen-bond acceptors (Lipinski definition) is 4. The van der Waals surface area contributed by atoms with Gasteiger partial charge >= 0.3 is 0 Å². The zero-order valence-electron chi connectivity index (χ0n) is 27.2. The van der Waals surface area contributed by atoms with Crippen LogP contribution in [-0.2, 0) is 32.6 Å². The molecule has 0 aliphatic heterocycles. The highest BCUT2D eigenvalue weighted by Gasteiger charge is 2.36. The SMILES string of the molecule is Cc1ccc(S(=O)(=O)N(CC(=O)N(Cc2ccccc2F)C(Cc2ccccc2)C(=O)NC2CCCC2)c2ccc(C)cc2C)cc1. The normalized spacial score (nSPS) is 14.0. The standard InChI is InChI=1S/C38H42FN3O4S/c1-27-17-20-33(21-18-27)47(45,46)42(35-22-19-28(2)23-29(35)3)26-37(43)41(25-31-13-7-10-16-34(31)39)36(24-30-11-5-4-6-12-30)38(44)40-32-14-8-9-15-32/h4-7,10-13,16-23,32,36H,8-9,14-15,24-26H2,1-3H3,(H,40,44). The topological polar surface area (TPSA) is 86.8 Å². The Morgan fingerprint density at radius 3 is 2.15 bits per heavy atom. The van der Waals surface area contributed by atoms with E-state index < -0.39 is 34.3 Å². The van der Waals surface area contributed by atoms with Crippen LogP contribution in [0.5, 0.6) is 0 Å². The Balaban J connectivity index is 1.59. The molecule has 0 heterocycles. The van der Waals surface area contributed by atoms with Crippen LogP contribution in [0.2, 0.25) is 0 Å². The van der Waals surface area contributed by atoms with Gasteiger partial charge in [0, 0.05) is 24.6 Å². The molecule has 0 bridgehead atoms. The number of sulfonamides is 1. The van der Waals surface area contributed by atoms with Crippen LogP contribution in [0.15, 0.2) is 102 Å². The lowest BCUT2D eigenvalue weighted by molar-refractivity contribution is -0.140. The Bertz CT molecular complexity index is 1810. The van der Waals surface area contributed by atoms with Crippen molar-refractivity contribution >= 4 is 27.5 Å². The molecule has 1 aliphatic carbocycles. The fourth-order valence-electron chi connectivity index (χ4n) is 6.17. The van der Waals surface area contributed by atoms with E-state index in [0.29, 0.717) is 11.3 Å². The molecular formula is C38H42FN3O4S. The molecule has 246 valence electrons. The van der Waals surface area contributed by atoms with Crippen LogP contribution in [0, 0.1) is 26.6 Å². The minimum atomic E-state index is -4.23. The fourth-order valence-corrected chi connectivity index (χ4v) is 7.65. The largest absolute Gasteiger partial charge is 0.352 e. The average molecular weight is 656 g/mol. The van der Waals surface area contributed by atoms with Gasteiger partial charge in [0.15, 0.2) is 0 Å². The first-order chi connectivity index (χ1) is 22.5. The van der Waals surface area contributed by atoms with E-state index in [4.69, 9.17) is 0 Å². The number of amides is 2. The van der Waals surface area contributed by atoms with E-state index in [1.54, 1.807) is 49.4 Å². The van der Waals surface area contributed by atoms with Gasteiger partial charge in [0.25, 0.3) is 10.0 Å². The summed E-state index contributed by atoms with van der Waals surface area (Å²) in [5, 5.41) is 3.14. The molecule has 2 amide bonds. The third-order valence-corrected chi connectivity index (χ3v) is 10.6. The summed E-state index contributed by atoms with van der Waals surface area (Å²) < 4.78 is 44.8. The molecular weight excluding hydrogens is 614 g/mol. The molecule has 5 rings (SSSR count). The summed E-state index contributed by atoms with van der Waals surface area (Å²) in [6.45, 7) is 4.78. The van der Waals surface area contributed by atoms with E-state index in [0.717, 1.165) is 46.7 Å². The second-order valence-corrected chi connectivity index (χ2v) is 14.3. The van der Waals surface area contributed by atoms with Gasteiger partial charge in [-0.3, -0.25) is 13.9 Å². The number of halogens is 1. The highest BCUT2D eigenvalue weighted by atomic mass is 32.2. The number of nitrogens with one attached hydrogen (secondary N) is 1. The van der Waals surface area contributed by atoms with Gasteiger partial charge in [0.2, 0.25) is 11.8 Å². The van der Waals surface area contributed by atoms with Gasteiger partial charge in [0.1, 0.15) is 18.4 Å². The third-order valence-electron chi connectivity index (χ3n) is 8.78. The number of nitrogens with zero attached hydrogens (tertiary/aromatic N) is 2. The van der Waals surface area contributed by atoms with Gasteiger partial charge in [-0.1, -0.05) is 96.8 Å². The molecule has 0 radical (unpaired) electrons. The van der Waals surface area contributed by atoms with E-state index >= 15 is 4.39 Å². The maximum atomic E-state index is 15.1. The average Bonchev–Trinajstić information content (AvgIpc) is 3.56. The van der Waals surface area contributed by atoms with Crippen LogP contribution in [0.4, 0.5) is 10.1 Å².